The smallest absolute Gasteiger partial charge is 0.316 e. The maximum absolute atomic E-state index is 12.9. The van der Waals surface area contributed by atoms with E-state index in [0.717, 1.165) is 12.1 Å². The van der Waals surface area contributed by atoms with Crippen molar-refractivity contribution in [1.82, 2.24) is 9.97 Å². The highest BCUT2D eigenvalue weighted by molar-refractivity contribution is 6.34. The number of halogens is 2. The van der Waals surface area contributed by atoms with Crippen LogP contribution in [0.5, 0.6) is 6.01 Å². The van der Waals surface area contributed by atoms with E-state index < -0.39 is 11.7 Å². The van der Waals surface area contributed by atoms with Gasteiger partial charge in [-0.25, -0.2) is 14.4 Å². The van der Waals surface area contributed by atoms with Gasteiger partial charge in [0, 0.05) is 0 Å². The van der Waals surface area contributed by atoms with E-state index in [-0.39, 0.29) is 16.6 Å². The van der Waals surface area contributed by atoms with Crippen LogP contribution in [0, 0.1) is 5.82 Å². The predicted molar refractivity (Wildman–Crippen MR) is 72.6 cm³/mol. The quantitative estimate of drug-likeness (QED) is 0.942. The Labute approximate surface area is 119 Å². The van der Waals surface area contributed by atoms with Crippen molar-refractivity contribution >= 4 is 23.2 Å². The second kappa shape index (κ2) is 6.29. The predicted octanol–water partition coefficient (Wildman–Crippen LogP) is 2.92. The normalized spacial score (nSPS) is 10.2. The van der Waals surface area contributed by atoms with Crippen LogP contribution in [0.15, 0.2) is 30.6 Å². The Morgan fingerprint density at radius 1 is 1.40 bits per heavy atom. The first-order chi connectivity index (χ1) is 9.60. The van der Waals surface area contributed by atoms with Gasteiger partial charge in [-0.15, -0.1) is 0 Å². The molecular formula is C13H11ClFN3O2. The van der Waals surface area contributed by atoms with E-state index in [2.05, 4.69) is 15.3 Å². The molecule has 0 saturated heterocycles. The molecular weight excluding hydrogens is 285 g/mol. The monoisotopic (exact) mass is 295 g/mol. The largest absolute Gasteiger partial charge is 0.464 e. The number of hydrogen-bond donors (Lipinski definition) is 1. The third kappa shape index (κ3) is 3.42. The Bertz CT molecular complexity index is 620. The zero-order chi connectivity index (χ0) is 14.5. The van der Waals surface area contributed by atoms with E-state index >= 15 is 0 Å². The minimum Gasteiger partial charge on any atom is -0.464 e. The number of anilines is 1. The fourth-order valence-electron chi connectivity index (χ4n) is 1.46. The van der Waals surface area contributed by atoms with E-state index in [1.165, 1.54) is 18.5 Å². The van der Waals surface area contributed by atoms with Crippen LogP contribution in [0.4, 0.5) is 10.1 Å². The van der Waals surface area contributed by atoms with Crippen molar-refractivity contribution in [1.29, 1.82) is 0 Å². The van der Waals surface area contributed by atoms with Gasteiger partial charge in [0.15, 0.2) is 0 Å². The molecule has 1 N–H and O–H groups in total. The first-order valence-corrected chi connectivity index (χ1v) is 6.19. The number of rotatable bonds is 4. The lowest BCUT2D eigenvalue weighted by molar-refractivity contribution is 0.102. The summed E-state index contributed by atoms with van der Waals surface area (Å²) in [5, 5.41) is 2.60. The van der Waals surface area contributed by atoms with Crippen LogP contribution in [0.3, 0.4) is 0 Å². The maximum atomic E-state index is 12.9. The van der Waals surface area contributed by atoms with Crippen LogP contribution in [0.1, 0.15) is 17.3 Å². The molecule has 1 aromatic heterocycles. The molecule has 1 aromatic carbocycles. The Morgan fingerprint density at radius 2 is 2.10 bits per heavy atom. The van der Waals surface area contributed by atoms with E-state index in [1.54, 1.807) is 0 Å². The van der Waals surface area contributed by atoms with Crippen LogP contribution in [-0.2, 0) is 0 Å². The molecule has 0 bridgehead atoms. The van der Waals surface area contributed by atoms with Gasteiger partial charge in [-0.2, -0.15) is 0 Å². The molecule has 2 rings (SSSR count). The van der Waals surface area contributed by atoms with Gasteiger partial charge in [0.2, 0.25) is 0 Å². The molecule has 7 heteroatoms. The van der Waals surface area contributed by atoms with Gasteiger partial charge < -0.3 is 10.1 Å². The van der Waals surface area contributed by atoms with Gasteiger partial charge in [0.1, 0.15) is 5.82 Å². The highest BCUT2D eigenvalue weighted by Gasteiger charge is 2.11. The summed E-state index contributed by atoms with van der Waals surface area (Å²) in [4.78, 5) is 19.8. The highest BCUT2D eigenvalue weighted by Crippen LogP contribution is 2.18. The standard InChI is InChI=1S/C13H11ClFN3O2/c1-2-20-13-16-6-9(7-17-13)18-12(19)10-4-3-8(15)5-11(10)14/h3-7H,2H2,1H3,(H,18,19). The highest BCUT2D eigenvalue weighted by atomic mass is 35.5. The number of carbonyl (C=O) groups excluding carboxylic acids is 1. The third-order valence-electron chi connectivity index (χ3n) is 2.34. The van der Waals surface area contributed by atoms with Crippen molar-refractivity contribution in [3.8, 4) is 6.01 Å². The Morgan fingerprint density at radius 3 is 2.70 bits per heavy atom. The zero-order valence-electron chi connectivity index (χ0n) is 10.6. The molecule has 0 aliphatic carbocycles. The topological polar surface area (TPSA) is 64.1 Å². The summed E-state index contributed by atoms with van der Waals surface area (Å²) in [7, 11) is 0. The first kappa shape index (κ1) is 14.2. The number of aromatic nitrogens is 2. The van der Waals surface area contributed by atoms with Crippen LogP contribution in [-0.4, -0.2) is 22.5 Å². The number of nitrogens with zero attached hydrogens (tertiary/aromatic N) is 2. The minimum atomic E-state index is -0.504. The summed E-state index contributed by atoms with van der Waals surface area (Å²) in [5.41, 5.74) is 0.556. The van der Waals surface area contributed by atoms with Crippen molar-refractivity contribution in [2.24, 2.45) is 0 Å². The van der Waals surface area contributed by atoms with Crippen molar-refractivity contribution in [3.05, 3.63) is 47.0 Å². The van der Waals surface area contributed by atoms with Crippen LogP contribution in [0.2, 0.25) is 5.02 Å². The molecule has 0 aliphatic rings. The first-order valence-electron chi connectivity index (χ1n) is 5.81. The van der Waals surface area contributed by atoms with E-state index in [1.807, 2.05) is 6.92 Å². The van der Waals surface area contributed by atoms with Gasteiger partial charge in [-0.05, 0) is 25.1 Å². The average Bonchev–Trinajstić information content (AvgIpc) is 2.41. The molecule has 0 saturated carbocycles. The van der Waals surface area contributed by atoms with Crippen molar-refractivity contribution in [3.63, 3.8) is 0 Å². The summed E-state index contributed by atoms with van der Waals surface area (Å²) in [6.07, 6.45) is 2.82. The molecule has 1 heterocycles. The molecule has 1 amide bonds. The number of hydrogen-bond acceptors (Lipinski definition) is 4. The summed E-state index contributed by atoms with van der Waals surface area (Å²) >= 11 is 5.80. The lowest BCUT2D eigenvalue weighted by Gasteiger charge is -2.07. The Balaban J connectivity index is 2.11. The van der Waals surface area contributed by atoms with Gasteiger partial charge in [0.25, 0.3) is 5.91 Å². The molecule has 0 spiro atoms. The van der Waals surface area contributed by atoms with E-state index in [4.69, 9.17) is 16.3 Å². The number of nitrogens with one attached hydrogen (secondary N) is 1. The summed E-state index contributed by atoms with van der Waals surface area (Å²) in [5.74, 6) is -0.973. The van der Waals surface area contributed by atoms with Crippen LogP contribution in [0.25, 0.3) is 0 Å². The van der Waals surface area contributed by atoms with Crippen LogP contribution < -0.4 is 10.1 Å². The van der Waals surface area contributed by atoms with Crippen molar-refractivity contribution in [2.75, 3.05) is 11.9 Å². The molecule has 104 valence electrons. The molecule has 0 fully saturated rings. The number of benzene rings is 1. The second-order valence-corrected chi connectivity index (χ2v) is 4.17. The lowest BCUT2D eigenvalue weighted by Crippen LogP contribution is -2.13. The summed E-state index contributed by atoms with van der Waals surface area (Å²) in [6.45, 7) is 2.27. The molecule has 2 aromatic rings. The van der Waals surface area contributed by atoms with Gasteiger partial charge in [0.05, 0.1) is 35.3 Å². The number of amides is 1. The Kier molecular flexibility index (Phi) is 4.47. The Hall–Kier alpha value is -2.21. The summed E-state index contributed by atoms with van der Waals surface area (Å²) < 4.78 is 18.0. The average molecular weight is 296 g/mol. The molecule has 0 aliphatic heterocycles. The maximum Gasteiger partial charge on any atom is 0.316 e. The molecule has 5 nitrogen and oxygen atoms in total. The van der Waals surface area contributed by atoms with Gasteiger partial charge in [-0.1, -0.05) is 11.6 Å². The minimum absolute atomic E-state index is 0.0364. The second-order valence-electron chi connectivity index (χ2n) is 3.77. The zero-order valence-corrected chi connectivity index (χ0v) is 11.3. The van der Waals surface area contributed by atoms with Gasteiger partial charge in [-0.3, -0.25) is 4.79 Å². The van der Waals surface area contributed by atoms with E-state index in [0.29, 0.717) is 12.3 Å². The third-order valence-corrected chi connectivity index (χ3v) is 2.65. The van der Waals surface area contributed by atoms with Gasteiger partial charge >= 0.3 is 6.01 Å². The number of ether oxygens (including phenoxy) is 1. The van der Waals surface area contributed by atoms with E-state index in [9.17, 15) is 9.18 Å². The molecule has 0 atom stereocenters. The fraction of sp³-hybridized carbons (Fsp3) is 0.154. The number of carbonyl (C=O) groups is 1. The van der Waals surface area contributed by atoms with Crippen LogP contribution >= 0.6 is 11.6 Å². The van der Waals surface area contributed by atoms with Crippen molar-refractivity contribution < 1.29 is 13.9 Å². The summed E-state index contributed by atoms with van der Waals surface area (Å²) in [6, 6.07) is 3.77. The SMILES string of the molecule is CCOc1ncc(NC(=O)c2ccc(F)cc2Cl)cn1. The molecule has 20 heavy (non-hydrogen) atoms. The van der Waals surface area contributed by atoms with Crippen molar-refractivity contribution in [2.45, 2.75) is 6.92 Å². The lowest BCUT2D eigenvalue weighted by atomic mass is 10.2. The fourth-order valence-corrected chi connectivity index (χ4v) is 1.71. The molecule has 0 radical (unpaired) electrons. The molecule has 0 unspecified atom stereocenters.